The summed E-state index contributed by atoms with van der Waals surface area (Å²) in [7, 11) is 0. The van der Waals surface area contributed by atoms with Crippen LogP contribution >= 0.6 is 11.6 Å². The SMILES string of the molecule is Cc1ccc(OCCn2c(-c3ccc(Cl)cc3)nc3ccccc3c2=O)cc1C. The summed E-state index contributed by atoms with van der Waals surface area (Å²) < 4.78 is 7.59. The molecule has 0 fully saturated rings. The van der Waals surface area contributed by atoms with Gasteiger partial charge in [-0.05, 0) is 73.5 Å². The topological polar surface area (TPSA) is 44.1 Å². The van der Waals surface area contributed by atoms with E-state index >= 15 is 0 Å². The first kappa shape index (κ1) is 19.2. The summed E-state index contributed by atoms with van der Waals surface area (Å²) in [6, 6.07) is 20.7. The fourth-order valence-corrected chi connectivity index (χ4v) is 3.38. The van der Waals surface area contributed by atoms with E-state index in [1.807, 2.05) is 48.5 Å². The molecule has 0 radical (unpaired) electrons. The molecule has 0 aliphatic heterocycles. The van der Waals surface area contributed by atoms with Gasteiger partial charge in [-0.3, -0.25) is 9.36 Å². The molecule has 5 heteroatoms. The highest BCUT2D eigenvalue weighted by Gasteiger charge is 2.13. The zero-order valence-corrected chi connectivity index (χ0v) is 17.1. The van der Waals surface area contributed by atoms with E-state index in [1.54, 1.807) is 22.8 Å². The van der Waals surface area contributed by atoms with Crippen LogP contribution in [0.2, 0.25) is 5.02 Å². The van der Waals surface area contributed by atoms with Crippen LogP contribution in [0.4, 0.5) is 0 Å². The van der Waals surface area contributed by atoms with Gasteiger partial charge >= 0.3 is 0 Å². The number of hydrogen-bond donors (Lipinski definition) is 0. The standard InChI is InChI=1S/C24H21ClN2O2/c1-16-7-12-20(15-17(16)2)29-14-13-27-23(18-8-10-19(25)11-9-18)26-22-6-4-3-5-21(22)24(27)28/h3-12,15H,13-14H2,1-2H3. The number of halogens is 1. The Kier molecular flexibility index (Phi) is 5.36. The van der Waals surface area contributed by atoms with Crippen molar-refractivity contribution in [2.75, 3.05) is 6.61 Å². The predicted molar refractivity (Wildman–Crippen MR) is 118 cm³/mol. The number of aromatic nitrogens is 2. The highest BCUT2D eigenvalue weighted by atomic mass is 35.5. The molecule has 0 aliphatic carbocycles. The van der Waals surface area contributed by atoms with Gasteiger partial charge in [0.15, 0.2) is 0 Å². The van der Waals surface area contributed by atoms with E-state index < -0.39 is 0 Å². The van der Waals surface area contributed by atoms with Gasteiger partial charge in [0.2, 0.25) is 0 Å². The summed E-state index contributed by atoms with van der Waals surface area (Å²) in [4.78, 5) is 17.9. The molecule has 0 N–H and O–H groups in total. The quantitative estimate of drug-likeness (QED) is 0.446. The molecule has 29 heavy (non-hydrogen) atoms. The van der Waals surface area contributed by atoms with Gasteiger partial charge in [0.05, 0.1) is 17.4 Å². The molecule has 0 aliphatic rings. The van der Waals surface area contributed by atoms with Gasteiger partial charge in [-0.1, -0.05) is 29.8 Å². The van der Waals surface area contributed by atoms with E-state index in [-0.39, 0.29) is 5.56 Å². The van der Waals surface area contributed by atoms with Crippen LogP contribution in [0.25, 0.3) is 22.3 Å². The van der Waals surface area contributed by atoms with Gasteiger partial charge in [-0.15, -0.1) is 0 Å². The van der Waals surface area contributed by atoms with Crippen molar-refractivity contribution in [1.29, 1.82) is 0 Å². The van der Waals surface area contributed by atoms with E-state index in [9.17, 15) is 4.79 Å². The molecular weight excluding hydrogens is 384 g/mol. The second kappa shape index (κ2) is 8.10. The fourth-order valence-electron chi connectivity index (χ4n) is 3.25. The van der Waals surface area contributed by atoms with E-state index in [2.05, 4.69) is 13.8 Å². The molecule has 0 atom stereocenters. The normalized spacial score (nSPS) is 11.0. The molecule has 0 saturated heterocycles. The Hall–Kier alpha value is -3.11. The molecule has 0 saturated carbocycles. The largest absolute Gasteiger partial charge is 0.492 e. The maximum absolute atomic E-state index is 13.2. The summed E-state index contributed by atoms with van der Waals surface area (Å²) in [6.45, 7) is 4.88. The number of para-hydroxylation sites is 1. The first-order chi connectivity index (χ1) is 14.0. The van der Waals surface area contributed by atoms with E-state index in [0.717, 1.165) is 11.3 Å². The monoisotopic (exact) mass is 404 g/mol. The minimum atomic E-state index is -0.0794. The zero-order chi connectivity index (χ0) is 20.4. The Morgan fingerprint density at radius 2 is 1.72 bits per heavy atom. The third-order valence-corrected chi connectivity index (χ3v) is 5.28. The van der Waals surface area contributed by atoms with Crippen molar-refractivity contribution in [3.63, 3.8) is 0 Å². The summed E-state index contributed by atoms with van der Waals surface area (Å²) in [5.74, 6) is 1.40. The molecule has 0 unspecified atom stereocenters. The van der Waals surface area contributed by atoms with Crippen molar-refractivity contribution in [2.24, 2.45) is 0 Å². The van der Waals surface area contributed by atoms with Crippen LogP contribution in [0.15, 0.2) is 71.5 Å². The second-order valence-electron chi connectivity index (χ2n) is 7.01. The lowest BCUT2D eigenvalue weighted by atomic mass is 10.1. The minimum absolute atomic E-state index is 0.0794. The van der Waals surface area contributed by atoms with E-state index in [4.69, 9.17) is 21.3 Å². The molecule has 3 aromatic carbocycles. The lowest BCUT2D eigenvalue weighted by molar-refractivity contribution is 0.296. The third-order valence-electron chi connectivity index (χ3n) is 5.03. The van der Waals surface area contributed by atoms with Crippen LogP contribution in [0.3, 0.4) is 0 Å². The van der Waals surface area contributed by atoms with Gasteiger partial charge in [0, 0.05) is 10.6 Å². The van der Waals surface area contributed by atoms with Crippen LogP contribution in [-0.2, 0) is 6.54 Å². The number of fused-ring (bicyclic) bond motifs is 1. The van der Waals surface area contributed by atoms with Gasteiger partial charge in [-0.2, -0.15) is 0 Å². The van der Waals surface area contributed by atoms with Crippen molar-refractivity contribution in [3.05, 3.63) is 93.2 Å². The fraction of sp³-hybridized carbons (Fsp3) is 0.167. The molecule has 1 aromatic heterocycles. The number of ether oxygens (including phenoxy) is 1. The summed E-state index contributed by atoms with van der Waals surface area (Å²) >= 11 is 6.03. The Morgan fingerprint density at radius 3 is 2.48 bits per heavy atom. The first-order valence-electron chi connectivity index (χ1n) is 9.48. The van der Waals surface area contributed by atoms with E-state index in [0.29, 0.717) is 34.9 Å². The highest BCUT2D eigenvalue weighted by molar-refractivity contribution is 6.30. The van der Waals surface area contributed by atoms with Crippen LogP contribution in [-0.4, -0.2) is 16.2 Å². The number of rotatable bonds is 5. The van der Waals surface area contributed by atoms with E-state index in [1.165, 1.54) is 11.1 Å². The van der Waals surface area contributed by atoms with Crippen LogP contribution in [0, 0.1) is 13.8 Å². The van der Waals surface area contributed by atoms with Gasteiger partial charge in [0.25, 0.3) is 5.56 Å². The number of benzene rings is 3. The lowest BCUT2D eigenvalue weighted by Gasteiger charge is -2.15. The molecule has 4 nitrogen and oxygen atoms in total. The van der Waals surface area contributed by atoms with Crippen molar-refractivity contribution >= 4 is 22.5 Å². The number of aryl methyl sites for hydroxylation is 2. The zero-order valence-electron chi connectivity index (χ0n) is 16.4. The molecular formula is C24H21ClN2O2. The molecule has 146 valence electrons. The van der Waals surface area contributed by atoms with Crippen LogP contribution in [0.1, 0.15) is 11.1 Å². The van der Waals surface area contributed by atoms with Crippen molar-refractivity contribution in [1.82, 2.24) is 9.55 Å². The molecule has 4 rings (SSSR count). The summed E-state index contributed by atoms with van der Waals surface area (Å²) in [5.41, 5.74) is 3.83. The van der Waals surface area contributed by atoms with Crippen molar-refractivity contribution < 1.29 is 4.74 Å². The Morgan fingerprint density at radius 1 is 0.966 bits per heavy atom. The Balaban J connectivity index is 1.70. The number of hydrogen-bond acceptors (Lipinski definition) is 3. The molecule has 0 spiro atoms. The average Bonchev–Trinajstić information content (AvgIpc) is 2.73. The predicted octanol–water partition coefficient (Wildman–Crippen LogP) is 5.41. The van der Waals surface area contributed by atoms with Crippen molar-refractivity contribution in [2.45, 2.75) is 20.4 Å². The maximum atomic E-state index is 13.2. The first-order valence-corrected chi connectivity index (χ1v) is 9.86. The highest BCUT2D eigenvalue weighted by Crippen LogP contribution is 2.22. The van der Waals surface area contributed by atoms with Crippen molar-refractivity contribution in [3.8, 4) is 17.1 Å². The summed E-state index contributed by atoms with van der Waals surface area (Å²) in [5, 5.41) is 1.23. The maximum Gasteiger partial charge on any atom is 0.261 e. The Labute approximate surface area is 174 Å². The van der Waals surface area contributed by atoms with Crippen LogP contribution < -0.4 is 10.3 Å². The van der Waals surface area contributed by atoms with Gasteiger partial charge < -0.3 is 4.74 Å². The summed E-state index contributed by atoms with van der Waals surface area (Å²) in [6.07, 6.45) is 0. The molecule has 0 bridgehead atoms. The van der Waals surface area contributed by atoms with Gasteiger partial charge in [-0.25, -0.2) is 4.98 Å². The Bertz CT molecular complexity index is 1230. The molecule has 0 amide bonds. The molecule has 1 heterocycles. The molecule has 4 aromatic rings. The van der Waals surface area contributed by atoms with Gasteiger partial charge in [0.1, 0.15) is 18.2 Å². The minimum Gasteiger partial charge on any atom is -0.492 e. The second-order valence-corrected chi connectivity index (χ2v) is 7.45. The third kappa shape index (κ3) is 4.03. The smallest absolute Gasteiger partial charge is 0.261 e. The van der Waals surface area contributed by atoms with Crippen LogP contribution in [0.5, 0.6) is 5.75 Å². The lowest BCUT2D eigenvalue weighted by Crippen LogP contribution is -2.26. The average molecular weight is 405 g/mol. The number of nitrogens with zero attached hydrogens (tertiary/aromatic N) is 2.